The van der Waals surface area contributed by atoms with Gasteiger partial charge >= 0.3 is 5.97 Å². The van der Waals surface area contributed by atoms with Crippen molar-refractivity contribution in [2.45, 2.75) is 58.3 Å². The molecule has 4 heterocycles. The number of nitrogens with zero attached hydrogens (tertiary/aromatic N) is 6. The van der Waals surface area contributed by atoms with E-state index in [2.05, 4.69) is 33.5 Å². The van der Waals surface area contributed by atoms with Gasteiger partial charge in [-0.3, -0.25) is 4.79 Å². The minimum absolute atomic E-state index is 0.194. The molecular weight excluding hydrogens is 408 g/mol. The highest BCUT2D eigenvalue weighted by Crippen LogP contribution is 2.49. The van der Waals surface area contributed by atoms with Crippen LogP contribution >= 0.6 is 0 Å². The zero-order chi connectivity index (χ0) is 22.3. The van der Waals surface area contributed by atoms with Gasteiger partial charge < -0.3 is 9.64 Å². The lowest BCUT2D eigenvalue weighted by Crippen LogP contribution is -2.37. The van der Waals surface area contributed by atoms with E-state index in [9.17, 15) is 9.59 Å². The number of amides is 1. The van der Waals surface area contributed by atoms with E-state index in [0.29, 0.717) is 29.8 Å². The van der Waals surface area contributed by atoms with Crippen LogP contribution in [0.2, 0.25) is 0 Å². The summed E-state index contributed by atoms with van der Waals surface area (Å²) >= 11 is 0. The first-order chi connectivity index (χ1) is 15.5. The van der Waals surface area contributed by atoms with Crippen LogP contribution in [0.25, 0.3) is 5.82 Å². The summed E-state index contributed by atoms with van der Waals surface area (Å²) in [6, 6.07) is 4.04. The molecule has 0 radical (unpaired) electrons. The van der Waals surface area contributed by atoms with Crippen molar-refractivity contribution in [3.8, 4) is 5.82 Å². The fourth-order valence-electron chi connectivity index (χ4n) is 5.48. The molecule has 1 amide bonds. The Bertz CT molecular complexity index is 1040. The van der Waals surface area contributed by atoms with Crippen LogP contribution in [0.15, 0.2) is 35.9 Å². The Morgan fingerprint density at radius 1 is 1.22 bits per heavy atom. The predicted molar refractivity (Wildman–Crippen MR) is 114 cm³/mol. The van der Waals surface area contributed by atoms with Gasteiger partial charge in [-0.1, -0.05) is 13.0 Å². The number of carbonyl (C=O) groups is 2. The highest BCUT2D eigenvalue weighted by molar-refractivity contribution is 5.94. The number of ether oxygens (including phenoxy) is 1. The monoisotopic (exact) mass is 436 g/mol. The molecule has 0 unspecified atom stereocenters. The van der Waals surface area contributed by atoms with E-state index in [0.717, 1.165) is 44.2 Å². The molecular formula is C23H28N6O3. The first-order valence-electron chi connectivity index (χ1n) is 11.3. The summed E-state index contributed by atoms with van der Waals surface area (Å²) in [4.78, 5) is 31.3. The number of hydrogen-bond acceptors (Lipinski definition) is 7. The topological polar surface area (TPSA) is 103 Å². The Hall–Kier alpha value is -3.10. The van der Waals surface area contributed by atoms with Crippen LogP contribution in [-0.4, -0.2) is 55.1 Å². The fraction of sp³-hybridized carbons (Fsp3) is 0.565. The number of pyridine rings is 1. The van der Waals surface area contributed by atoms with Crippen molar-refractivity contribution >= 4 is 11.9 Å². The molecule has 1 saturated carbocycles. The van der Waals surface area contributed by atoms with Crippen LogP contribution < -0.4 is 0 Å². The van der Waals surface area contributed by atoms with E-state index in [-0.39, 0.29) is 23.9 Å². The summed E-state index contributed by atoms with van der Waals surface area (Å²) in [5.74, 6) is 1.60. The largest absolute Gasteiger partial charge is 0.456 e. The number of carbonyl (C=O) groups excluding carboxylic acids is 2. The molecule has 2 aromatic rings. The molecule has 9 nitrogen and oxygen atoms in total. The van der Waals surface area contributed by atoms with Gasteiger partial charge in [0.1, 0.15) is 12.9 Å². The number of tetrazole rings is 1. The van der Waals surface area contributed by atoms with E-state index in [1.807, 2.05) is 17.2 Å². The lowest BCUT2D eigenvalue weighted by atomic mass is 9.68. The molecule has 2 aromatic heterocycles. The highest BCUT2D eigenvalue weighted by Gasteiger charge is 2.50. The molecule has 32 heavy (non-hydrogen) atoms. The molecule has 1 aliphatic carbocycles. The van der Waals surface area contributed by atoms with E-state index in [1.165, 1.54) is 11.9 Å². The normalized spacial score (nSPS) is 26.8. The van der Waals surface area contributed by atoms with Gasteiger partial charge in [0, 0.05) is 12.7 Å². The van der Waals surface area contributed by atoms with Crippen LogP contribution in [0.1, 0.15) is 63.9 Å². The van der Waals surface area contributed by atoms with Gasteiger partial charge in [-0.05, 0) is 79.3 Å². The zero-order valence-corrected chi connectivity index (χ0v) is 18.5. The van der Waals surface area contributed by atoms with E-state index in [4.69, 9.17) is 4.74 Å². The first-order valence-corrected chi connectivity index (χ1v) is 11.3. The Morgan fingerprint density at radius 3 is 2.66 bits per heavy atom. The van der Waals surface area contributed by atoms with Crippen molar-refractivity contribution < 1.29 is 14.3 Å². The molecule has 1 atom stereocenters. The van der Waals surface area contributed by atoms with Crippen molar-refractivity contribution in [1.82, 2.24) is 30.1 Å². The van der Waals surface area contributed by atoms with Crippen LogP contribution in [0.5, 0.6) is 0 Å². The maximum Gasteiger partial charge on any atom is 0.336 e. The maximum absolute atomic E-state index is 13.3. The van der Waals surface area contributed by atoms with Crippen LogP contribution in [0.4, 0.5) is 0 Å². The second-order valence-electron chi connectivity index (χ2n) is 9.42. The van der Waals surface area contributed by atoms with Gasteiger partial charge in [0.2, 0.25) is 5.91 Å². The van der Waals surface area contributed by atoms with Gasteiger partial charge in [-0.15, -0.1) is 5.10 Å². The predicted octanol–water partition coefficient (Wildman–Crippen LogP) is 2.79. The van der Waals surface area contributed by atoms with Gasteiger partial charge in [-0.2, -0.15) is 4.68 Å². The molecule has 0 bridgehead atoms. The molecule has 1 spiro atoms. The molecule has 2 fully saturated rings. The molecule has 2 aliphatic heterocycles. The Kier molecular flexibility index (Phi) is 5.27. The lowest BCUT2D eigenvalue weighted by molar-refractivity contribution is -0.138. The third-order valence-corrected chi connectivity index (χ3v) is 7.59. The average Bonchev–Trinajstić information content (AvgIpc) is 3.53. The molecule has 3 aliphatic rings. The summed E-state index contributed by atoms with van der Waals surface area (Å²) in [5, 5.41) is 11.2. The molecule has 168 valence electrons. The Balaban J connectivity index is 1.18. The molecule has 5 rings (SSSR count). The Morgan fingerprint density at radius 2 is 2.03 bits per heavy atom. The van der Waals surface area contributed by atoms with Crippen molar-refractivity contribution in [1.29, 1.82) is 0 Å². The summed E-state index contributed by atoms with van der Waals surface area (Å²) in [6.07, 6.45) is 9.39. The molecule has 1 saturated heterocycles. The second kappa shape index (κ2) is 8.11. The number of cyclic esters (lactones) is 1. The fourth-order valence-corrected chi connectivity index (χ4v) is 5.48. The van der Waals surface area contributed by atoms with Crippen molar-refractivity contribution in [3.63, 3.8) is 0 Å². The van der Waals surface area contributed by atoms with E-state index < -0.39 is 0 Å². The van der Waals surface area contributed by atoms with Crippen molar-refractivity contribution in [2.75, 3.05) is 13.2 Å². The SMILES string of the molecule is CC1=C(N2CCC3(CCC(C[C@H](C)c4ccc(-n5cnnn5)nc4)CC3)C2=O)COC1=O. The summed E-state index contributed by atoms with van der Waals surface area (Å²) in [6.45, 7) is 4.92. The van der Waals surface area contributed by atoms with Gasteiger partial charge in [0.05, 0.1) is 16.7 Å². The first kappa shape index (κ1) is 20.8. The Labute approximate surface area is 186 Å². The van der Waals surface area contributed by atoms with Crippen molar-refractivity contribution in [3.05, 3.63) is 41.5 Å². The van der Waals surface area contributed by atoms with E-state index in [1.54, 1.807) is 11.6 Å². The number of hydrogen-bond donors (Lipinski definition) is 0. The molecule has 9 heteroatoms. The van der Waals surface area contributed by atoms with Crippen molar-refractivity contribution in [2.24, 2.45) is 11.3 Å². The quantitative estimate of drug-likeness (QED) is 0.664. The molecule has 0 aromatic carbocycles. The number of esters is 1. The minimum atomic E-state index is -0.299. The average molecular weight is 437 g/mol. The van der Waals surface area contributed by atoms with Gasteiger partial charge in [0.25, 0.3) is 0 Å². The third-order valence-electron chi connectivity index (χ3n) is 7.59. The van der Waals surface area contributed by atoms with Crippen LogP contribution in [0.3, 0.4) is 0 Å². The van der Waals surface area contributed by atoms with E-state index >= 15 is 0 Å². The lowest BCUT2D eigenvalue weighted by Gasteiger charge is -2.36. The second-order valence-corrected chi connectivity index (χ2v) is 9.42. The summed E-state index contributed by atoms with van der Waals surface area (Å²) in [7, 11) is 0. The van der Waals surface area contributed by atoms with Crippen LogP contribution in [0, 0.1) is 11.3 Å². The maximum atomic E-state index is 13.3. The summed E-state index contributed by atoms with van der Waals surface area (Å²) < 4.78 is 6.67. The standard InChI is InChI=1S/C23H28N6O3/c1-15(18-3-4-20(24-12-18)29-14-25-26-27-29)11-17-5-7-23(8-6-17)9-10-28(22(23)31)19-13-32-21(30)16(19)2/h3-4,12,14-15,17H,5-11,13H2,1-2H3/t15-,17?,23?/m0/s1. The third kappa shape index (κ3) is 3.59. The highest BCUT2D eigenvalue weighted by atomic mass is 16.5. The molecule has 0 N–H and O–H groups in total. The zero-order valence-electron chi connectivity index (χ0n) is 18.5. The smallest absolute Gasteiger partial charge is 0.336 e. The summed E-state index contributed by atoms with van der Waals surface area (Å²) in [5.41, 5.74) is 2.30. The van der Waals surface area contributed by atoms with Crippen LogP contribution in [-0.2, 0) is 14.3 Å². The van der Waals surface area contributed by atoms with Gasteiger partial charge in [0.15, 0.2) is 5.82 Å². The number of rotatable bonds is 5. The van der Waals surface area contributed by atoms with Gasteiger partial charge in [-0.25, -0.2) is 9.78 Å². The number of likely N-dealkylation sites (tertiary alicyclic amines) is 1. The number of aromatic nitrogens is 5. The minimum Gasteiger partial charge on any atom is -0.456 e.